The Morgan fingerprint density at radius 2 is 2.05 bits per heavy atom. The summed E-state index contributed by atoms with van der Waals surface area (Å²) in [6.45, 7) is 6.28. The molecule has 1 heterocycles. The second-order valence-corrected chi connectivity index (χ2v) is 7.29. The molecule has 2 heteroatoms. The van der Waals surface area contributed by atoms with Gasteiger partial charge in [0.05, 0.1) is 13.2 Å². The lowest BCUT2D eigenvalue weighted by Gasteiger charge is -2.47. The van der Waals surface area contributed by atoms with Crippen LogP contribution in [0.2, 0.25) is 0 Å². The fourth-order valence-electron chi connectivity index (χ4n) is 5.42. The predicted molar refractivity (Wildman–Crippen MR) is 79.3 cm³/mol. The largest absolute Gasteiger partial charge is 0.347 e. The molecule has 2 saturated carbocycles. The first-order valence-electron chi connectivity index (χ1n) is 8.29. The number of hydrogen-bond donors (Lipinski definition) is 0. The molecule has 0 aromatic heterocycles. The summed E-state index contributed by atoms with van der Waals surface area (Å²) in [6, 6.07) is 0. The molecule has 110 valence electrons. The second-order valence-electron chi connectivity index (χ2n) is 7.29. The predicted octanol–water partition coefficient (Wildman–Crippen LogP) is 4.22. The lowest BCUT2D eigenvalue weighted by molar-refractivity contribution is -0.174. The van der Waals surface area contributed by atoms with Crippen molar-refractivity contribution < 1.29 is 9.47 Å². The standard InChI is InChI=1S/C18H26O2/c1-3-14-4-5-16-15-7-9-18(19-10-11-20-18)12-13(15)6-8-17(14,16)2/h3,6,15-16H,4-5,7-12H2,1-2H3/t15-,16+,17-/m1/s1. The van der Waals surface area contributed by atoms with Crippen molar-refractivity contribution in [3.8, 4) is 0 Å². The molecule has 0 N–H and O–H groups in total. The molecule has 4 aliphatic rings. The van der Waals surface area contributed by atoms with E-state index in [1.54, 1.807) is 11.1 Å². The molecule has 20 heavy (non-hydrogen) atoms. The van der Waals surface area contributed by atoms with E-state index in [-0.39, 0.29) is 5.79 Å². The van der Waals surface area contributed by atoms with Crippen molar-refractivity contribution in [3.05, 3.63) is 23.3 Å². The van der Waals surface area contributed by atoms with E-state index in [9.17, 15) is 0 Å². The van der Waals surface area contributed by atoms with Gasteiger partial charge in [-0.15, -0.1) is 0 Å². The molecule has 3 aliphatic carbocycles. The van der Waals surface area contributed by atoms with E-state index < -0.39 is 0 Å². The monoisotopic (exact) mass is 274 g/mol. The average molecular weight is 274 g/mol. The Labute approximate surface area is 122 Å². The number of ether oxygens (including phenoxy) is 2. The minimum absolute atomic E-state index is 0.252. The Morgan fingerprint density at radius 1 is 1.25 bits per heavy atom. The molecule has 0 bridgehead atoms. The molecule has 2 nitrogen and oxygen atoms in total. The summed E-state index contributed by atoms with van der Waals surface area (Å²) >= 11 is 0. The highest BCUT2D eigenvalue weighted by molar-refractivity contribution is 5.30. The molecule has 0 radical (unpaired) electrons. The Bertz CT molecular complexity index is 470. The van der Waals surface area contributed by atoms with Gasteiger partial charge in [-0.1, -0.05) is 30.2 Å². The minimum atomic E-state index is -0.252. The maximum Gasteiger partial charge on any atom is 0.172 e. The first-order chi connectivity index (χ1) is 9.67. The molecule has 0 aromatic rings. The fourth-order valence-corrected chi connectivity index (χ4v) is 5.42. The molecule has 4 rings (SSSR count). The van der Waals surface area contributed by atoms with E-state index in [1.807, 2.05) is 0 Å². The van der Waals surface area contributed by atoms with Crippen LogP contribution in [0, 0.1) is 17.3 Å². The van der Waals surface area contributed by atoms with Gasteiger partial charge in [0.25, 0.3) is 0 Å². The number of hydrogen-bond acceptors (Lipinski definition) is 2. The molecule has 1 aliphatic heterocycles. The third-order valence-corrected chi connectivity index (χ3v) is 6.50. The van der Waals surface area contributed by atoms with Crippen molar-refractivity contribution in [1.82, 2.24) is 0 Å². The number of rotatable bonds is 0. The van der Waals surface area contributed by atoms with Crippen molar-refractivity contribution in [3.63, 3.8) is 0 Å². The van der Waals surface area contributed by atoms with Gasteiger partial charge < -0.3 is 9.47 Å². The summed E-state index contributed by atoms with van der Waals surface area (Å²) in [7, 11) is 0. The fraction of sp³-hybridized carbons (Fsp3) is 0.778. The van der Waals surface area contributed by atoms with Crippen LogP contribution in [0.5, 0.6) is 0 Å². The lowest BCUT2D eigenvalue weighted by atomic mass is 9.59. The summed E-state index contributed by atoms with van der Waals surface area (Å²) in [5, 5.41) is 0. The second kappa shape index (κ2) is 4.45. The van der Waals surface area contributed by atoms with Gasteiger partial charge in [0.15, 0.2) is 5.79 Å². The number of fused-ring (bicyclic) bond motifs is 3. The number of allylic oxidation sites excluding steroid dienone is 3. The third kappa shape index (κ3) is 1.70. The molecule has 0 amide bonds. The quantitative estimate of drug-likeness (QED) is 0.616. The molecule has 0 aromatic carbocycles. The summed E-state index contributed by atoms with van der Waals surface area (Å²) < 4.78 is 11.9. The Morgan fingerprint density at radius 3 is 2.80 bits per heavy atom. The van der Waals surface area contributed by atoms with Crippen LogP contribution in [0.4, 0.5) is 0 Å². The van der Waals surface area contributed by atoms with Crippen molar-refractivity contribution >= 4 is 0 Å². The normalized spacial score (nSPS) is 44.5. The maximum atomic E-state index is 5.93. The van der Waals surface area contributed by atoms with Crippen molar-refractivity contribution in [2.75, 3.05) is 13.2 Å². The van der Waals surface area contributed by atoms with Gasteiger partial charge in [-0.25, -0.2) is 0 Å². The van der Waals surface area contributed by atoms with Gasteiger partial charge in [-0.05, 0) is 49.9 Å². The van der Waals surface area contributed by atoms with Crippen LogP contribution in [0.1, 0.15) is 52.4 Å². The van der Waals surface area contributed by atoms with E-state index in [0.29, 0.717) is 5.41 Å². The maximum absolute atomic E-state index is 5.93. The van der Waals surface area contributed by atoms with Crippen LogP contribution < -0.4 is 0 Å². The topological polar surface area (TPSA) is 18.5 Å². The van der Waals surface area contributed by atoms with Gasteiger partial charge >= 0.3 is 0 Å². The van der Waals surface area contributed by atoms with E-state index in [2.05, 4.69) is 26.0 Å². The average Bonchev–Trinajstić information content (AvgIpc) is 3.03. The van der Waals surface area contributed by atoms with Crippen LogP contribution in [-0.4, -0.2) is 19.0 Å². The zero-order valence-electron chi connectivity index (χ0n) is 12.8. The molecule has 1 spiro atoms. The van der Waals surface area contributed by atoms with E-state index >= 15 is 0 Å². The highest BCUT2D eigenvalue weighted by Crippen LogP contribution is 2.60. The first-order valence-corrected chi connectivity index (χ1v) is 8.29. The first kappa shape index (κ1) is 13.1. The lowest BCUT2D eigenvalue weighted by Crippen LogP contribution is -2.42. The third-order valence-electron chi connectivity index (χ3n) is 6.50. The summed E-state index contributed by atoms with van der Waals surface area (Å²) in [6.07, 6.45) is 12.2. The molecule has 3 fully saturated rings. The zero-order chi connectivity index (χ0) is 13.8. The smallest absolute Gasteiger partial charge is 0.172 e. The summed E-state index contributed by atoms with van der Waals surface area (Å²) in [5.74, 6) is 1.38. The Balaban J connectivity index is 1.63. The summed E-state index contributed by atoms with van der Waals surface area (Å²) in [4.78, 5) is 0. The molecule has 1 saturated heterocycles. The zero-order valence-corrected chi connectivity index (χ0v) is 12.8. The van der Waals surface area contributed by atoms with Gasteiger partial charge in [-0.2, -0.15) is 0 Å². The molecule has 0 unspecified atom stereocenters. The van der Waals surface area contributed by atoms with Crippen LogP contribution in [-0.2, 0) is 9.47 Å². The van der Waals surface area contributed by atoms with Crippen LogP contribution in [0.3, 0.4) is 0 Å². The van der Waals surface area contributed by atoms with E-state index in [4.69, 9.17) is 9.47 Å². The highest BCUT2D eigenvalue weighted by Gasteiger charge is 2.52. The minimum Gasteiger partial charge on any atom is -0.347 e. The molecular formula is C18H26O2. The van der Waals surface area contributed by atoms with Gasteiger partial charge in [0.2, 0.25) is 0 Å². The van der Waals surface area contributed by atoms with Crippen molar-refractivity contribution in [2.45, 2.75) is 58.2 Å². The highest BCUT2D eigenvalue weighted by atomic mass is 16.7. The summed E-state index contributed by atoms with van der Waals surface area (Å²) in [5.41, 5.74) is 3.77. The van der Waals surface area contributed by atoms with Crippen LogP contribution in [0.25, 0.3) is 0 Å². The van der Waals surface area contributed by atoms with Crippen LogP contribution in [0.15, 0.2) is 23.3 Å². The van der Waals surface area contributed by atoms with Gasteiger partial charge in [0.1, 0.15) is 0 Å². The van der Waals surface area contributed by atoms with Gasteiger partial charge in [0, 0.05) is 12.8 Å². The van der Waals surface area contributed by atoms with E-state index in [1.165, 1.54) is 25.7 Å². The van der Waals surface area contributed by atoms with Crippen LogP contribution >= 0.6 is 0 Å². The van der Waals surface area contributed by atoms with Crippen molar-refractivity contribution in [1.29, 1.82) is 0 Å². The Kier molecular flexibility index (Phi) is 2.91. The SMILES string of the molecule is CC=C1CC[C@H]2[C@@H]3CCC4(CC3=CC[C@]12C)OCCO4. The van der Waals surface area contributed by atoms with E-state index in [0.717, 1.165) is 37.9 Å². The Hall–Kier alpha value is -0.600. The molecular weight excluding hydrogens is 248 g/mol. The van der Waals surface area contributed by atoms with Crippen molar-refractivity contribution in [2.24, 2.45) is 17.3 Å². The molecule has 3 atom stereocenters. The van der Waals surface area contributed by atoms with Gasteiger partial charge in [-0.3, -0.25) is 0 Å².